The van der Waals surface area contributed by atoms with Crippen molar-refractivity contribution in [3.05, 3.63) is 45.7 Å². The first kappa shape index (κ1) is 14.9. The number of halogens is 1. The van der Waals surface area contributed by atoms with Crippen molar-refractivity contribution in [2.45, 2.75) is 26.4 Å². The van der Waals surface area contributed by atoms with Crippen molar-refractivity contribution in [2.75, 3.05) is 7.11 Å². The molecule has 2 aromatic rings. The monoisotopic (exact) mass is 294 g/mol. The molecule has 0 radical (unpaired) electrons. The molecule has 5 heteroatoms. The van der Waals surface area contributed by atoms with Gasteiger partial charge < -0.3 is 9.84 Å². The highest BCUT2D eigenvalue weighted by Crippen LogP contribution is 2.28. The maximum Gasteiger partial charge on any atom is 0.130 e. The van der Waals surface area contributed by atoms with Crippen molar-refractivity contribution in [1.29, 1.82) is 0 Å². The Morgan fingerprint density at radius 2 is 2.10 bits per heavy atom. The van der Waals surface area contributed by atoms with Crippen molar-refractivity contribution in [3.63, 3.8) is 0 Å². The minimum atomic E-state index is -0.611. The van der Waals surface area contributed by atoms with Gasteiger partial charge in [-0.05, 0) is 37.1 Å². The Hall–Kier alpha value is -1.52. The number of hydrogen-bond donors (Lipinski definition) is 1. The predicted octanol–water partition coefficient (Wildman–Crippen LogP) is 2.98. The minimum Gasteiger partial charge on any atom is -0.496 e. The van der Waals surface area contributed by atoms with E-state index in [9.17, 15) is 5.11 Å². The second kappa shape index (κ2) is 5.85. The fraction of sp³-hybridized carbons (Fsp3) is 0.400. The van der Waals surface area contributed by atoms with E-state index in [2.05, 4.69) is 5.10 Å². The Kier molecular flexibility index (Phi) is 4.35. The van der Waals surface area contributed by atoms with Gasteiger partial charge in [0.2, 0.25) is 0 Å². The molecule has 1 aromatic carbocycles. The van der Waals surface area contributed by atoms with E-state index in [1.165, 1.54) is 0 Å². The molecular formula is C15H19ClN2O2. The van der Waals surface area contributed by atoms with Crippen LogP contribution in [0.15, 0.2) is 18.2 Å². The Morgan fingerprint density at radius 1 is 1.40 bits per heavy atom. The minimum absolute atomic E-state index is 0.449. The van der Waals surface area contributed by atoms with Gasteiger partial charge in [-0.3, -0.25) is 4.68 Å². The van der Waals surface area contributed by atoms with Crippen LogP contribution < -0.4 is 4.74 Å². The van der Waals surface area contributed by atoms with E-state index in [-0.39, 0.29) is 0 Å². The van der Waals surface area contributed by atoms with Gasteiger partial charge in [0.1, 0.15) is 10.9 Å². The van der Waals surface area contributed by atoms with E-state index < -0.39 is 6.10 Å². The first-order valence-electron chi connectivity index (χ1n) is 6.44. The summed E-state index contributed by atoms with van der Waals surface area (Å²) in [7, 11) is 3.43. The average Bonchev–Trinajstić information content (AvgIpc) is 2.65. The summed E-state index contributed by atoms with van der Waals surface area (Å²) in [5, 5.41) is 15.2. The lowest BCUT2D eigenvalue weighted by atomic mass is 10.00. The number of ether oxygens (including phenoxy) is 1. The maximum absolute atomic E-state index is 10.4. The van der Waals surface area contributed by atoms with Crippen LogP contribution in [0.4, 0.5) is 0 Å². The molecule has 0 bridgehead atoms. The smallest absolute Gasteiger partial charge is 0.130 e. The number of nitrogens with zero attached hydrogens (tertiary/aromatic N) is 2. The third-order valence-corrected chi connectivity index (χ3v) is 3.94. The third-order valence-electron chi connectivity index (χ3n) is 3.47. The van der Waals surface area contributed by atoms with Crippen molar-refractivity contribution >= 4 is 11.6 Å². The molecule has 0 aliphatic carbocycles. The summed E-state index contributed by atoms with van der Waals surface area (Å²) in [6, 6.07) is 5.67. The Balaban J connectivity index is 2.23. The van der Waals surface area contributed by atoms with Gasteiger partial charge in [-0.2, -0.15) is 5.10 Å². The zero-order chi connectivity index (χ0) is 14.9. The average molecular weight is 295 g/mol. The summed E-state index contributed by atoms with van der Waals surface area (Å²) >= 11 is 6.19. The standard InChI is InChI=1S/C15H19ClN2O2/c1-9-7-11(5-6-14(9)20-4)13(19)8-12-10(2)17-18(3)15(12)16/h5-7,13,19H,8H2,1-4H3. The summed E-state index contributed by atoms with van der Waals surface area (Å²) in [6.07, 6.45) is -0.162. The van der Waals surface area contributed by atoms with Crippen LogP contribution >= 0.6 is 11.6 Å². The molecule has 1 aromatic heterocycles. The molecule has 20 heavy (non-hydrogen) atoms. The van der Waals surface area contributed by atoms with E-state index in [1.54, 1.807) is 18.8 Å². The quantitative estimate of drug-likeness (QED) is 0.943. The Labute approximate surface area is 123 Å². The summed E-state index contributed by atoms with van der Waals surface area (Å²) in [6.45, 7) is 3.85. The van der Waals surface area contributed by atoms with E-state index in [1.807, 2.05) is 32.0 Å². The molecule has 108 valence electrons. The molecule has 1 N–H and O–H groups in total. The van der Waals surface area contributed by atoms with Gasteiger partial charge in [0.15, 0.2) is 0 Å². The topological polar surface area (TPSA) is 47.3 Å². The molecule has 1 atom stereocenters. The lowest BCUT2D eigenvalue weighted by Gasteiger charge is -2.13. The highest BCUT2D eigenvalue weighted by Gasteiger charge is 2.17. The molecule has 1 heterocycles. The lowest BCUT2D eigenvalue weighted by molar-refractivity contribution is 0.178. The number of aliphatic hydroxyl groups is 1. The number of aromatic nitrogens is 2. The molecule has 0 aliphatic rings. The molecule has 0 spiro atoms. The maximum atomic E-state index is 10.4. The predicted molar refractivity (Wildman–Crippen MR) is 79.3 cm³/mol. The van der Waals surface area contributed by atoms with Gasteiger partial charge in [-0.25, -0.2) is 0 Å². The SMILES string of the molecule is COc1ccc(C(O)Cc2c(C)nn(C)c2Cl)cc1C. The summed E-state index contributed by atoms with van der Waals surface area (Å²) in [5.41, 5.74) is 3.58. The number of benzene rings is 1. The van der Waals surface area contributed by atoms with E-state index >= 15 is 0 Å². The van der Waals surface area contributed by atoms with Crippen molar-refractivity contribution in [3.8, 4) is 5.75 Å². The molecule has 0 saturated carbocycles. The Bertz CT molecular complexity index is 623. The van der Waals surface area contributed by atoms with Gasteiger partial charge in [-0.15, -0.1) is 0 Å². The van der Waals surface area contributed by atoms with E-state index in [4.69, 9.17) is 16.3 Å². The Morgan fingerprint density at radius 3 is 2.60 bits per heavy atom. The third kappa shape index (κ3) is 2.81. The van der Waals surface area contributed by atoms with Crippen LogP contribution in [0.1, 0.15) is 28.5 Å². The fourth-order valence-corrected chi connectivity index (χ4v) is 2.58. The van der Waals surface area contributed by atoms with Gasteiger partial charge >= 0.3 is 0 Å². The summed E-state index contributed by atoms with van der Waals surface area (Å²) < 4.78 is 6.85. The highest BCUT2D eigenvalue weighted by molar-refractivity contribution is 6.30. The van der Waals surface area contributed by atoms with Crippen LogP contribution in [-0.2, 0) is 13.5 Å². The van der Waals surface area contributed by atoms with Crippen LogP contribution in [0.5, 0.6) is 5.75 Å². The zero-order valence-corrected chi connectivity index (χ0v) is 12.9. The second-order valence-electron chi connectivity index (χ2n) is 4.93. The van der Waals surface area contributed by atoms with Crippen LogP contribution in [0.25, 0.3) is 0 Å². The number of hydrogen-bond acceptors (Lipinski definition) is 3. The first-order chi connectivity index (χ1) is 9.43. The number of rotatable bonds is 4. The first-order valence-corrected chi connectivity index (χ1v) is 6.82. The normalized spacial score (nSPS) is 12.5. The molecule has 0 saturated heterocycles. The van der Waals surface area contributed by atoms with Gasteiger partial charge in [0, 0.05) is 19.0 Å². The molecule has 0 fully saturated rings. The summed E-state index contributed by atoms with van der Waals surface area (Å²) in [5.74, 6) is 0.816. The summed E-state index contributed by atoms with van der Waals surface area (Å²) in [4.78, 5) is 0. The van der Waals surface area contributed by atoms with Gasteiger partial charge in [0.05, 0.1) is 18.9 Å². The number of aryl methyl sites for hydroxylation is 3. The zero-order valence-electron chi connectivity index (χ0n) is 12.1. The van der Waals surface area contributed by atoms with Gasteiger partial charge in [-0.1, -0.05) is 17.7 Å². The van der Waals surface area contributed by atoms with Crippen molar-refractivity contribution in [2.24, 2.45) is 7.05 Å². The van der Waals surface area contributed by atoms with E-state index in [0.29, 0.717) is 11.6 Å². The number of methoxy groups -OCH3 is 1. The lowest BCUT2D eigenvalue weighted by Crippen LogP contribution is -2.03. The molecule has 4 nitrogen and oxygen atoms in total. The molecule has 0 amide bonds. The van der Waals surface area contributed by atoms with Crippen LogP contribution in [-0.4, -0.2) is 22.0 Å². The molecular weight excluding hydrogens is 276 g/mol. The van der Waals surface area contributed by atoms with Crippen LogP contribution in [0.3, 0.4) is 0 Å². The van der Waals surface area contributed by atoms with Crippen LogP contribution in [0.2, 0.25) is 5.15 Å². The number of aliphatic hydroxyl groups excluding tert-OH is 1. The second-order valence-corrected chi connectivity index (χ2v) is 5.29. The highest BCUT2D eigenvalue weighted by atomic mass is 35.5. The molecule has 1 unspecified atom stereocenters. The van der Waals surface area contributed by atoms with Crippen LogP contribution in [0, 0.1) is 13.8 Å². The largest absolute Gasteiger partial charge is 0.496 e. The van der Waals surface area contributed by atoms with Gasteiger partial charge in [0.25, 0.3) is 0 Å². The van der Waals surface area contributed by atoms with Crippen molar-refractivity contribution in [1.82, 2.24) is 9.78 Å². The molecule has 2 rings (SSSR count). The van der Waals surface area contributed by atoms with Crippen molar-refractivity contribution < 1.29 is 9.84 Å². The molecule has 0 aliphatic heterocycles. The van der Waals surface area contributed by atoms with E-state index in [0.717, 1.165) is 28.1 Å². The fourth-order valence-electron chi connectivity index (χ4n) is 2.33.